The second-order valence-electron chi connectivity index (χ2n) is 7.13. The number of benzene rings is 2. The lowest BCUT2D eigenvalue weighted by Gasteiger charge is -2.12. The van der Waals surface area contributed by atoms with E-state index >= 15 is 0 Å². The first-order valence-corrected chi connectivity index (χ1v) is 11.5. The van der Waals surface area contributed by atoms with Gasteiger partial charge in [0.05, 0.1) is 11.5 Å². The summed E-state index contributed by atoms with van der Waals surface area (Å²) in [5.41, 5.74) is 2.63. The molecule has 2 amide bonds. The molecular weight excluding hydrogens is 418 g/mol. The summed E-state index contributed by atoms with van der Waals surface area (Å²) in [7, 11) is -3.70. The molecule has 2 aromatic rings. The average molecular weight is 448 g/mol. The van der Waals surface area contributed by atoms with Crippen molar-refractivity contribution in [2.24, 2.45) is 0 Å². The molecule has 2 rings (SSSR count). The molecule has 0 aliphatic heterocycles. The van der Waals surface area contributed by atoms with E-state index in [0.717, 1.165) is 16.9 Å². The van der Waals surface area contributed by atoms with Crippen LogP contribution >= 0.6 is 0 Å². The molecule has 0 saturated carbocycles. The number of carbonyl (C=O) groups excluding carboxylic acids is 2. The first kappa shape index (κ1) is 24.4. The number of sulfonamides is 1. The van der Waals surface area contributed by atoms with Crippen molar-refractivity contribution >= 4 is 27.5 Å². The van der Waals surface area contributed by atoms with Crippen molar-refractivity contribution in [1.29, 1.82) is 0 Å². The summed E-state index contributed by atoms with van der Waals surface area (Å²) < 4.78 is 32.8. The molecule has 0 aliphatic rings. The number of rotatable bonds is 11. The summed E-state index contributed by atoms with van der Waals surface area (Å²) in [5, 5.41) is 5.26. The molecule has 9 heteroatoms. The molecule has 0 atom stereocenters. The van der Waals surface area contributed by atoms with Crippen molar-refractivity contribution < 1.29 is 22.7 Å². The smallest absolute Gasteiger partial charge is 0.240 e. The van der Waals surface area contributed by atoms with Crippen LogP contribution in [0.3, 0.4) is 0 Å². The van der Waals surface area contributed by atoms with Gasteiger partial charge in [-0.05, 0) is 55.7 Å². The molecule has 31 heavy (non-hydrogen) atoms. The quantitative estimate of drug-likeness (QED) is 0.458. The van der Waals surface area contributed by atoms with E-state index in [9.17, 15) is 18.0 Å². The highest BCUT2D eigenvalue weighted by atomic mass is 32.2. The molecular formula is C22H29N3O5S. The lowest BCUT2D eigenvalue weighted by atomic mass is 10.1. The molecule has 0 spiro atoms. The minimum Gasteiger partial charge on any atom is -0.493 e. The fourth-order valence-electron chi connectivity index (χ4n) is 2.91. The zero-order chi connectivity index (χ0) is 22.9. The van der Waals surface area contributed by atoms with Crippen LogP contribution in [0.5, 0.6) is 5.75 Å². The molecule has 0 aromatic heterocycles. The number of nitrogens with one attached hydrogen (secondary N) is 3. The van der Waals surface area contributed by atoms with Gasteiger partial charge in [-0.15, -0.1) is 0 Å². The highest BCUT2D eigenvalue weighted by molar-refractivity contribution is 7.89. The third kappa shape index (κ3) is 8.03. The molecule has 0 unspecified atom stereocenters. The van der Waals surface area contributed by atoms with Gasteiger partial charge in [0.25, 0.3) is 0 Å². The minimum absolute atomic E-state index is 0.0699. The fourth-order valence-corrected chi connectivity index (χ4v) is 3.95. The fraction of sp³-hybridized carbons (Fsp3) is 0.364. The van der Waals surface area contributed by atoms with Crippen LogP contribution in [0.2, 0.25) is 0 Å². The summed E-state index contributed by atoms with van der Waals surface area (Å²) >= 11 is 0. The topological polar surface area (TPSA) is 114 Å². The Hall–Kier alpha value is -2.91. The van der Waals surface area contributed by atoms with Crippen LogP contribution in [-0.4, -0.2) is 39.9 Å². The number of hydrogen-bond acceptors (Lipinski definition) is 5. The molecule has 3 N–H and O–H groups in total. The number of carbonyl (C=O) groups is 2. The normalized spacial score (nSPS) is 11.1. The molecule has 8 nitrogen and oxygen atoms in total. The maximum absolute atomic E-state index is 12.3. The van der Waals surface area contributed by atoms with Gasteiger partial charge in [-0.3, -0.25) is 9.59 Å². The number of para-hydroxylation sites is 1. The molecule has 0 fully saturated rings. The van der Waals surface area contributed by atoms with Gasteiger partial charge in [-0.2, -0.15) is 0 Å². The molecule has 2 aromatic carbocycles. The predicted molar refractivity (Wildman–Crippen MR) is 120 cm³/mol. The van der Waals surface area contributed by atoms with Gasteiger partial charge in [0.15, 0.2) is 0 Å². The van der Waals surface area contributed by atoms with Crippen molar-refractivity contribution in [3.05, 3.63) is 53.6 Å². The Morgan fingerprint density at radius 1 is 0.968 bits per heavy atom. The van der Waals surface area contributed by atoms with Crippen LogP contribution in [0.15, 0.2) is 47.4 Å². The average Bonchev–Trinajstić information content (AvgIpc) is 2.70. The van der Waals surface area contributed by atoms with Crippen LogP contribution in [-0.2, 0) is 19.6 Å². The van der Waals surface area contributed by atoms with Crippen LogP contribution in [0.25, 0.3) is 0 Å². The maximum atomic E-state index is 12.3. The van der Waals surface area contributed by atoms with Gasteiger partial charge in [0.1, 0.15) is 5.75 Å². The largest absolute Gasteiger partial charge is 0.493 e. The summed E-state index contributed by atoms with van der Waals surface area (Å²) in [6.07, 6.45) is 0.855. The van der Waals surface area contributed by atoms with Crippen molar-refractivity contribution in [2.75, 3.05) is 25.0 Å². The molecule has 0 saturated heterocycles. The SMILES string of the molecule is CC(=O)Nc1ccc(S(=O)(=O)NCCNC(=O)CCCOc2c(C)cccc2C)cc1. The highest BCUT2D eigenvalue weighted by Crippen LogP contribution is 2.22. The van der Waals surface area contributed by atoms with E-state index in [0.29, 0.717) is 25.1 Å². The third-order valence-corrected chi connectivity index (χ3v) is 5.90. The second-order valence-corrected chi connectivity index (χ2v) is 8.89. The van der Waals surface area contributed by atoms with Gasteiger partial charge in [0, 0.05) is 32.1 Å². The summed E-state index contributed by atoms with van der Waals surface area (Å²) in [6, 6.07) is 11.8. The molecule has 168 valence electrons. The zero-order valence-electron chi connectivity index (χ0n) is 18.0. The van der Waals surface area contributed by atoms with Crippen LogP contribution in [0.1, 0.15) is 30.9 Å². The first-order chi connectivity index (χ1) is 14.7. The summed E-state index contributed by atoms with van der Waals surface area (Å²) in [4.78, 5) is 23.0. The summed E-state index contributed by atoms with van der Waals surface area (Å²) in [6.45, 7) is 6.01. The van der Waals surface area contributed by atoms with E-state index in [1.165, 1.54) is 31.2 Å². The number of ether oxygens (including phenoxy) is 1. The lowest BCUT2D eigenvalue weighted by Crippen LogP contribution is -2.34. The van der Waals surface area contributed by atoms with E-state index < -0.39 is 10.0 Å². The Balaban J connectivity index is 1.67. The van der Waals surface area contributed by atoms with Gasteiger partial charge >= 0.3 is 0 Å². The molecule has 0 aliphatic carbocycles. The number of hydrogen-bond donors (Lipinski definition) is 3. The van der Waals surface area contributed by atoms with Gasteiger partial charge < -0.3 is 15.4 Å². The Morgan fingerprint density at radius 3 is 2.23 bits per heavy atom. The monoisotopic (exact) mass is 447 g/mol. The standard InChI is InChI=1S/C22H29N3O5S/c1-16-6-4-7-17(2)22(16)30-15-5-8-21(27)23-13-14-24-31(28,29)20-11-9-19(10-12-20)25-18(3)26/h4,6-7,9-12,24H,5,8,13-15H2,1-3H3,(H,23,27)(H,25,26). The van der Waals surface area contributed by atoms with E-state index in [4.69, 9.17) is 4.74 Å². The predicted octanol–water partition coefficient (Wildman–Crippen LogP) is 2.52. The Bertz CT molecular complexity index is 984. The maximum Gasteiger partial charge on any atom is 0.240 e. The lowest BCUT2D eigenvalue weighted by molar-refractivity contribution is -0.121. The van der Waals surface area contributed by atoms with Crippen molar-refractivity contribution in [3.63, 3.8) is 0 Å². The van der Waals surface area contributed by atoms with Gasteiger partial charge in [-0.25, -0.2) is 13.1 Å². The first-order valence-electron chi connectivity index (χ1n) is 10.0. The van der Waals surface area contributed by atoms with Crippen LogP contribution in [0.4, 0.5) is 5.69 Å². The Kier molecular flexibility index (Phi) is 9.02. The van der Waals surface area contributed by atoms with Crippen LogP contribution < -0.4 is 20.1 Å². The molecule has 0 heterocycles. The van der Waals surface area contributed by atoms with E-state index in [1.54, 1.807) is 0 Å². The number of aryl methyl sites for hydroxylation is 2. The van der Waals surface area contributed by atoms with E-state index in [-0.39, 0.29) is 29.8 Å². The third-order valence-electron chi connectivity index (χ3n) is 4.43. The zero-order valence-corrected chi connectivity index (χ0v) is 18.8. The summed E-state index contributed by atoms with van der Waals surface area (Å²) in [5.74, 6) is 0.452. The number of anilines is 1. The van der Waals surface area contributed by atoms with Crippen LogP contribution in [0, 0.1) is 13.8 Å². The van der Waals surface area contributed by atoms with E-state index in [1.807, 2.05) is 32.0 Å². The van der Waals surface area contributed by atoms with E-state index in [2.05, 4.69) is 15.4 Å². The molecule has 0 bridgehead atoms. The van der Waals surface area contributed by atoms with Gasteiger partial charge in [0.2, 0.25) is 21.8 Å². The van der Waals surface area contributed by atoms with Crippen molar-refractivity contribution in [1.82, 2.24) is 10.0 Å². The van der Waals surface area contributed by atoms with Crippen molar-refractivity contribution in [2.45, 2.75) is 38.5 Å². The molecule has 0 radical (unpaired) electrons. The number of amides is 2. The van der Waals surface area contributed by atoms with Gasteiger partial charge in [-0.1, -0.05) is 18.2 Å². The second kappa shape index (κ2) is 11.5. The highest BCUT2D eigenvalue weighted by Gasteiger charge is 2.13. The Labute approximate surface area is 183 Å². The van der Waals surface area contributed by atoms with Crippen molar-refractivity contribution in [3.8, 4) is 5.75 Å². The Morgan fingerprint density at radius 2 is 1.61 bits per heavy atom. The minimum atomic E-state index is -3.70.